The van der Waals surface area contributed by atoms with Crippen molar-refractivity contribution in [1.29, 1.82) is 5.26 Å². The van der Waals surface area contributed by atoms with Gasteiger partial charge in [-0.3, -0.25) is 4.90 Å². The Bertz CT molecular complexity index is 432. The molecule has 0 aliphatic rings. The molecule has 0 saturated carbocycles. The van der Waals surface area contributed by atoms with Crippen molar-refractivity contribution in [2.75, 3.05) is 33.9 Å². The third-order valence-electron chi connectivity index (χ3n) is 2.81. The lowest BCUT2D eigenvalue weighted by atomic mass is 10.2. The van der Waals surface area contributed by atoms with Crippen LogP contribution in [-0.4, -0.2) is 38.8 Å². The van der Waals surface area contributed by atoms with Gasteiger partial charge in [0.25, 0.3) is 0 Å². The molecule has 0 fully saturated rings. The molecule has 0 aliphatic carbocycles. The smallest absolute Gasteiger partial charge is 0.169 e. The molecule has 0 spiro atoms. The molecule has 4 nitrogen and oxygen atoms in total. The molecular formula is C14H19FN2O2. The second-order valence-electron chi connectivity index (χ2n) is 4.11. The Balaban J connectivity index is 2.74. The first-order valence-electron chi connectivity index (χ1n) is 6.12. The van der Waals surface area contributed by atoms with E-state index in [1.807, 2.05) is 4.90 Å². The first-order valence-corrected chi connectivity index (χ1v) is 6.12. The lowest BCUT2D eigenvalue weighted by Gasteiger charge is -2.21. The fourth-order valence-corrected chi connectivity index (χ4v) is 1.78. The van der Waals surface area contributed by atoms with Gasteiger partial charge in [0.05, 0.1) is 19.8 Å². The minimum atomic E-state index is -0.343. The van der Waals surface area contributed by atoms with E-state index in [9.17, 15) is 4.39 Å². The molecule has 0 radical (unpaired) electrons. The summed E-state index contributed by atoms with van der Waals surface area (Å²) in [5.41, 5.74) is 0.563. The average Bonchev–Trinajstić information content (AvgIpc) is 2.43. The molecule has 0 bridgehead atoms. The van der Waals surface area contributed by atoms with Crippen LogP contribution >= 0.6 is 0 Å². The van der Waals surface area contributed by atoms with Crippen LogP contribution in [0.2, 0.25) is 0 Å². The summed E-state index contributed by atoms with van der Waals surface area (Å²) in [4.78, 5) is 1.99. The van der Waals surface area contributed by atoms with Crippen molar-refractivity contribution in [2.45, 2.75) is 13.0 Å². The van der Waals surface area contributed by atoms with Gasteiger partial charge in [-0.25, -0.2) is 4.39 Å². The summed E-state index contributed by atoms with van der Waals surface area (Å²) in [6, 6.07) is 7.17. The number of hydrogen-bond donors (Lipinski definition) is 0. The number of hydrogen-bond acceptors (Lipinski definition) is 4. The average molecular weight is 266 g/mol. The van der Waals surface area contributed by atoms with Crippen LogP contribution in [0.1, 0.15) is 12.0 Å². The van der Waals surface area contributed by atoms with Crippen molar-refractivity contribution in [3.63, 3.8) is 0 Å². The molecule has 0 N–H and O–H groups in total. The number of methoxy groups -OCH3 is 2. The minimum Gasteiger partial charge on any atom is -0.494 e. The van der Waals surface area contributed by atoms with Crippen molar-refractivity contribution in [2.24, 2.45) is 0 Å². The number of nitriles is 1. The quantitative estimate of drug-likeness (QED) is 0.723. The summed E-state index contributed by atoms with van der Waals surface area (Å²) in [5.74, 6) is -0.103. The van der Waals surface area contributed by atoms with E-state index < -0.39 is 0 Å². The molecule has 0 unspecified atom stereocenters. The summed E-state index contributed by atoms with van der Waals surface area (Å²) in [5, 5.41) is 8.64. The first kappa shape index (κ1) is 15.4. The third kappa shape index (κ3) is 4.86. The Morgan fingerprint density at radius 3 is 2.74 bits per heavy atom. The Morgan fingerprint density at radius 1 is 1.32 bits per heavy atom. The first-order chi connectivity index (χ1) is 9.22. The van der Waals surface area contributed by atoms with Crippen molar-refractivity contribution in [1.82, 2.24) is 4.90 Å². The molecule has 1 aromatic rings. The normalized spacial score (nSPS) is 10.5. The van der Waals surface area contributed by atoms with Crippen LogP contribution in [0.25, 0.3) is 0 Å². The minimum absolute atomic E-state index is 0.240. The zero-order chi connectivity index (χ0) is 14.1. The number of halogens is 1. The molecule has 1 rings (SSSR count). The maximum Gasteiger partial charge on any atom is 0.169 e. The van der Waals surface area contributed by atoms with E-state index in [1.165, 1.54) is 7.11 Å². The number of benzene rings is 1. The van der Waals surface area contributed by atoms with E-state index in [1.54, 1.807) is 25.3 Å². The second-order valence-corrected chi connectivity index (χ2v) is 4.11. The molecule has 0 amide bonds. The van der Waals surface area contributed by atoms with Crippen LogP contribution in [0.3, 0.4) is 0 Å². The maximum atomic E-state index is 14.0. The molecule has 0 aliphatic heterocycles. The highest BCUT2D eigenvalue weighted by atomic mass is 19.1. The van der Waals surface area contributed by atoms with Crippen molar-refractivity contribution >= 4 is 0 Å². The molecule has 1 aromatic carbocycles. The van der Waals surface area contributed by atoms with Gasteiger partial charge in [0, 0.05) is 38.7 Å². The van der Waals surface area contributed by atoms with Gasteiger partial charge in [0.2, 0.25) is 0 Å². The van der Waals surface area contributed by atoms with Gasteiger partial charge in [-0.2, -0.15) is 5.26 Å². The molecule has 0 atom stereocenters. The summed E-state index contributed by atoms with van der Waals surface area (Å²) in [6.45, 7) is 2.25. The lowest BCUT2D eigenvalue weighted by molar-refractivity contribution is 0.144. The van der Waals surface area contributed by atoms with Gasteiger partial charge in [-0.1, -0.05) is 12.1 Å². The van der Waals surface area contributed by atoms with Crippen molar-refractivity contribution in [3.8, 4) is 11.8 Å². The van der Waals surface area contributed by atoms with E-state index in [0.717, 1.165) is 0 Å². The molecule has 19 heavy (non-hydrogen) atoms. The monoisotopic (exact) mass is 266 g/mol. The Labute approximate surface area is 113 Å². The van der Waals surface area contributed by atoms with Crippen LogP contribution < -0.4 is 4.74 Å². The Hall–Kier alpha value is -1.64. The Morgan fingerprint density at radius 2 is 2.11 bits per heavy atom. The maximum absolute atomic E-state index is 14.0. The standard InChI is InChI=1S/C14H19FN2O2/c1-18-10-9-17(8-4-7-16)11-12-5-3-6-13(19-2)14(12)15/h3,5-6H,4,8-11H2,1-2H3. The van der Waals surface area contributed by atoms with Crippen LogP contribution in [0, 0.1) is 17.1 Å². The van der Waals surface area contributed by atoms with Crippen LogP contribution in [-0.2, 0) is 11.3 Å². The second kappa shape index (κ2) is 8.46. The zero-order valence-electron chi connectivity index (χ0n) is 11.4. The van der Waals surface area contributed by atoms with Crippen LogP contribution in [0.4, 0.5) is 4.39 Å². The highest BCUT2D eigenvalue weighted by molar-refractivity contribution is 5.30. The molecular weight excluding hydrogens is 247 g/mol. The topological polar surface area (TPSA) is 45.5 Å². The van der Waals surface area contributed by atoms with Gasteiger partial charge >= 0.3 is 0 Å². The highest BCUT2D eigenvalue weighted by Crippen LogP contribution is 2.21. The van der Waals surface area contributed by atoms with E-state index in [2.05, 4.69) is 6.07 Å². The summed E-state index contributed by atoms with van der Waals surface area (Å²) >= 11 is 0. The Kier molecular flexibility index (Phi) is 6.86. The molecule has 0 heterocycles. The lowest BCUT2D eigenvalue weighted by Crippen LogP contribution is -2.28. The predicted octanol–water partition coefficient (Wildman–Crippen LogP) is 2.20. The fraction of sp³-hybridized carbons (Fsp3) is 0.500. The molecule has 0 saturated heterocycles. The zero-order valence-corrected chi connectivity index (χ0v) is 11.4. The number of ether oxygens (including phenoxy) is 2. The van der Waals surface area contributed by atoms with Crippen LogP contribution in [0.15, 0.2) is 18.2 Å². The predicted molar refractivity (Wildman–Crippen MR) is 70.3 cm³/mol. The van der Waals surface area contributed by atoms with Crippen molar-refractivity contribution < 1.29 is 13.9 Å². The van der Waals surface area contributed by atoms with Gasteiger partial charge in [-0.15, -0.1) is 0 Å². The highest BCUT2D eigenvalue weighted by Gasteiger charge is 2.12. The van der Waals surface area contributed by atoms with Crippen LogP contribution in [0.5, 0.6) is 5.75 Å². The van der Waals surface area contributed by atoms with Gasteiger partial charge < -0.3 is 9.47 Å². The van der Waals surface area contributed by atoms with E-state index in [-0.39, 0.29) is 11.6 Å². The van der Waals surface area contributed by atoms with E-state index in [0.29, 0.717) is 38.2 Å². The van der Waals surface area contributed by atoms with Crippen molar-refractivity contribution in [3.05, 3.63) is 29.6 Å². The molecule has 0 aromatic heterocycles. The third-order valence-corrected chi connectivity index (χ3v) is 2.81. The van der Waals surface area contributed by atoms with E-state index in [4.69, 9.17) is 14.7 Å². The number of nitrogens with zero attached hydrogens (tertiary/aromatic N) is 2. The van der Waals surface area contributed by atoms with Gasteiger partial charge in [-0.05, 0) is 6.07 Å². The fourth-order valence-electron chi connectivity index (χ4n) is 1.78. The number of rotatable bonds is 8. The van der Waals surface area contributed by atoms with E-state index >= 15 is 0 Å². The molecule has 5 heteroatoms. The van der Waals surface area contributed by atoms with Gasteiger partial charge in [0.1, 0.15) is 0 Å². The van der Waals surface area contributed by atoms with Gasteiger partial charge in [0.15, 0.2) is 11.6 Å². The summed E-state index contributed by atoms with van der Waals surface area (Å²) < 4.78 is 24.0. The largest absolute Gasteiger partial charge is 0.494 e. The SMILES string of the molecule is COCCN(CCC#N)Cc1cccc(OC)c1F. The summed E-state index contributed by atoms with van der Waals surface area (Å²) in [6.07, 6.45) is 0.412. The molecule has 104 valence electrons. The summed E-state index contributed by atoms with van der Waals surface area (Å²) in [7, 11) is 3.06.